The quantitative estimate of drug-likeness (QED) is 0.519. The fourth-order valence-corrected chi connectivity index (χ4v) is 2.29. The third kappa shape index (κ3) is 2.73. The highest BCUT2D eigenvalue weighted by Crippen LogP contribution is 2.25. The Morgan fingerprint density at radius 1 is 1.05 bits per heavy atom. The van der Waals surface area contributed by atoms with E-state index in [-0.39, 0.29) is 0 Å². The van der Waals surface area contributed by atoms with Gasteiger partial charge >= 0.3 is 5.97 Å². The molecule has 4 heteroatoms. The second-order valence-electron chi connectivity index (χ2n) is 4.65. The van der Waals surface area contributed by atoms with Crippen LogP contribution in [0.3, 0.4) is 0 Å². The number of esters is 1. The highest BCUT2D eigenvalue weighted by Gasteiger charge is 2.14. The van der Waals surface area contributed by atoms with Crippen LogP contribution in [0.15, 0.2) is 54.6 Å². The molecule has 0 N–H and O–H groups in total. The van der Waals surface area contributed by atoms with Gasteiger partial charge in [0.05, 0.1) is 10.6 Å². The van der Waals surface area contributed by atoms with E-state index in [0.717, 1.165) is 11.1 Å². The predicted octanol–water partition coefficient (Wildman–Crippen LogP) is 4.42. The molecule has 0 amide bonds. The van der Waals surface area contributed by atoms with Gasteiger partial charge in [-0.25, -0.2) is 9.78 Å². The summed E-state index contributed by atoms with van der Waals surface area (Å²) in [6.07, 6.45) is 0. The number of hydrogen-bond donors (Lipinski definition) is 0. The number of benzene rings is 2. The number of fused-ring (bicyclic) bond motifs is 1. The van der Waals surface area contributed by atoms with Gasteiger partial charge in [0, 0.05) is 11.1 Å². The van der Waals surface area contributed by atoms with Crippen LogP contribution in [0.1, 0.15) is 16.1 Å². The smallest absolute Gasteiger partial charge is 0.345 e. The summed E-state index contributed by atoms with van der Waals surface area (Å²) in [5.74, 6) is -0.0578. The van der Waals surface area contributed by atoms with Crippen molar-refractivity contribution in [2.75, 3.05) is 0 Å². The molecule has 3 nitrogen and oxygen atoms in total. The number of hydrogen-bond acceptors (Lipinski definition) is 3. The van der Waals surface area contributed by atoms with Crippen molar-refractivity contribution in [2.24, 2.45) is 0 Å². The highest BCUT2D eigenvalue weighted by molar-refractivity contribution is 6.33. The number of para-hydroxylation sites is 1. The lowest BCUT2D eigenvalue weighted by molar-refractivity contribution is 0.0737. The van der Waals surface area contributed by atoms with Crippen LogP contribution < -0.4 is 4.74 Å². The molecular weight excluding hydrogens is 286 g/mol. The molecule has 0 aliphatic rings. The summed E-state index contributed by atoms with van der Waals surface area (Å²) in [6, 6.07) is 16.1. The molecule has 0 atom stereocenters. The summed E-state index contributed by atoms with van der Waals surface area (Å²) in [4.78, 5) is 16.7. The number of ether oxygens (including phenoxy) is 1. The largest absolute Gasteiger partial charge is 0.421 e. The minimum Gasteiger partial charge on any atom is -0.421 e. The molecule has 0 fully saturated rings. The van der Waals surface area contributed by atoms with Crippen LogP contribution in [-0.4, -0.2) is 11.0 Å². The third-order valence-electron chi connectivity index (χ3n) is 3.12. The number of carbonyl (C=O) groups excluding carboxylic acids is 1. The van der Waals surface area contributed by atoms with Crippen molar-refractivity contribution >= 4 is 28.5 Å². The molecule has 104 valence electrons. The van der Waals surface area contributed by atoms with Crippen LogP contribution in [0.4, 0.5) is 0 Å². The van der Waals surface area contributed by atoms with Gasteiger partial charge in [0.1, 0.15) is 5.52 Å². The van der Waals surface area contributed by atoms with Gasteiger partial charge in [-0.1, -0.05) is 41.9 Å². The molecule has 0 radical (unpaired) electrons. The first-order valence-corrected chi connectivity index (χ1v) is 6.86. The Labute approximate surface area is 127 Å². The number of nitrogens with zero attached hydrogens (tertiary/aromatic N) is 1. The average molecular weight is 298 g/mol. The zero-order chi connectivity index (χ0) is 14.8. The molecule has 0 saturated heterocycles. The summed E-state index contributed by atoms with van der Waals surface area (Å²) >= 11 is 6.01. The number of halogens is 1. The van der Waals surface area contributed by atoms with Crippen LogP contribution in [0.25, 0.3) is 10.9 Å². The number of aromatic nitrogens is 1. The molecule has 1 heterocycles. The Kier molecular flexibility index (Phi) is 3.59. The molecule has 0 aliphatic carbocycles. The second-order valence-corrected chi connectivity index (χ2v) is 5.06. The lowest BCUT2D eigenvalue weighted by atomic mass is 10.2. The predicted molar refractivity (Wildman–Crippen MR) is 82.9 cm³/mol. The minimum absolute atomic E-state index is 0.337. The Bertz CT molecular complexity index is 830. The first-order chi connectivity index (χ1) is 10.1. The van der Waals surface area contributed by atoms with Crippen molar-refractivity contribution in [1.82, 2.24) is 4.98 Å². The van der Waals surface area contributed by atoms with E-state index in [9.17, 15) is 4.79 Å². The third-order valence-corrected chi connectivity index (χ3v) is 3.45. The normalized spacial score (nSPS) is 10.6. The first kappa shape index (κ1) is 13.6. The van der Waals surface area contributed by atoms with Crippen molar-refractivity contribution in [2.45, 2.75) is 6.92 Å². The number of aryl methyl sites for hydroxylation is 1. The van der Waals surface area contributed by atoms with Gasteiger partial charge in [0.15, 0.2) is 5.75 Å². The van der Waals surface area contributed by atoms with Gasteiger partial charge in [-0.3, -0.25) is 0 Å². The topological polar surface area (TPSA) is 39.2 Å². The highest BCUT2D eigenvalue weighted by atomic mass is 35.5. The summed E-state index contributed by atoms with van der Waals surface area (Å²) in [6.45, 7) is 1.89. The zero-order valence-corrected chi connectivity index (χ0v) is 12.1. The molecule has 21 heavy (non-hydrogen) atoms. The lowest BCUT2D eigenvalue weighted by Crippen LogP contribution is -2.09. The maximum absolute atomic E-state index is 12.2. The van der Waals surface area contributed by atoms with Gasteiger partial charge in [-0.05, 0) is 31.2 Å². The van der Waals surface area contributed by atoms with Crippen LogP contribution in [0.5, 0.6) is 5.75 Å². The summed E-state index contributed by atoms with van der Waals surface area (Å²) < 4.78 is 5.46. The standard InChI is InChI=1S/C17H12ClNO2/c1-11-9-10-12-5-4-8-15(16(12)19-11)21-17(20)13-6-2-3-7-14(13)18/h2-10H,1H3. The molecule has 0 aliphatic heterocycles. The van der Waals surface area contributed by atoms with Gasteiger partial charge < -0.3 is 4.74 Å². The van der Waals surface area contributed by atoms with Crippen molar-refractivity contribution in [3.8, 4) is 5.75 Å². The first-order valence-electron chi connectivity index (χ1n) is 6.48. The van der Waals surface area contributed by atoms with E-state index in [1.165, 1.54) is 0 Å². The molecule has 0 unspecified atom stereocenters. The van der Waals surface area contributed by atoms with Crippen LogP contribution in [0.2, 0.25) is 5.02 Å². The van der Waals surface area contributed by atoms with Crippen LogP contribution >= 0.6 is 11.6 Å². The summed E-state index contributed by atoms with van der Waals surface area (Å²) in [5, 5.41) is 1.29. The molecule has 0 saturated carbocycles. The maximum atomic E-state index is 12.2. The van der Waals surface area contributed by atoms with Gasteiger partial charge in [-0.2, -0.15) is 0 Å². The number of carbonyl (C=O) groups is 1. The van der Waals surface area contributed by atoms with Gasteiger partial charge in [0.2, 0.25) is 0 Å². The fourth-order valence-electron chi connectivity index (χ4n) is 2.08. The average Bonchev–Trinajstić information content (AvgIpc) is 2.48. The maximum Gasteiger partial charge on any atom is 0.345 e. The number of rotatable bonds is 2. The molecular formula is C17H12ClNO2. The SMILES string of the molecule is Cc1ccc2cccc(OC(=O)c3ccccc3Cl)c2n1. The van der Waals surface area contributed by atoms with E-state index in [1.807, 2.05) is 31.2 Å². The molecule has 2 aromatic carbocycles. The Morgan fingerprint density at radius 2 is 1.86 bits per heavy atom. The molecule has 1 aromatic heterocycles. The number of pyridine rings is 1. The van der Waals surface area contributed by atoms with E-state index in [4.69, 9.17) is 16.3 Å². The Balaban J connectivity index is 2.00. The zero-order valence-electron chi connectivity index (χ0n) is 11.3. The van der Waals surface area contributed by atoms with Crippen molar-refractivity contribution in [3.63, 3.8) is 0 Å². The van der Waals surface area contributed by atoms with E-state index in [0.29, 0.717) is 21.9 Å². The van der Waals surface area contributed by atoms with E-state index in [2.05, 4.69) is 4.98 Å². The fraction of sp³-hybridized carbons (Fsp3) is 0.0588. The van der Waals surface area contributed by atoms with E-state index >= 15 is 0 Å². The molecule has 3 aromatic rings. The van der Waals surface area contributed by atoms with E-state index in [1.54, 1.807) is 30.3 Å². The molecule has 0 spiro atoms. The molecule has 3 rings (SSSR count). The Hall–Kier alpha value is -2.39. The summed E-state index contributed by atoms with van der Waals surface area (Å²) in [7, 11) is 0. The van der Waals surface area contributed by atoms with Crippen molar-refractivity contribution in [1.29, 1.82) is 0 Å². The van der Waals surface area contributed by atoms with Crippen LogP contribution in [0, 0.1) is 6.92 Å². The van der Waals surface area contributed by atoms with Crippen molar-refractivity contribution in [3.05, 3.63) is 70.9 Å². The monoisotopic (exact) mass is 297 g/mol. The minimum atomic E-state index is -0.489. The second kappa shape index (κ2) is 5.54. The van der Waals surface area contributed by atoms with Crippen molar-refractivity contribution < 1.29 is 9.53 Å². The van der Waals surface area contributed by atoms with Crippen LogP contribution in [-0.2, 0) is 0 Å². The van der Waals surface area contributed by atoms with Gasteiger partial charge in [-0.15, -0.1) is 0 Å². The molecule has 0 bridgehead atoms. The van der Waals surface area contributed by atoms with E-state index < -0.39 is 5.97 Å². The lowest BCUT2D eigenvalue weighted by Gasteiger charge is -2.08. The van der Waals surface area contributed by atoms with Gasteiger partial charge in [0.25, 0.3) is 0 Å². The summed E-state index contributed by atoms with van der Waals surface area (Å²) in [5.41, 5.74) is 1.87. The Morgan fingerprint density at radius 3 is 2.67 bits per heavy atom.